The zero-order valence-corrected chi connectivity index (χ0v) is 37.1. The van der Waals surface area contributed by atoms with E-state index >= 15 is 13.6 Å². The lowest BCUT2D eigenvalue weighted by Gasteiger charge is -2.35. The second-order valence-corrected chi connectivity index (χ2v) is 18.8. The first kappa shape index (κ1) is 40.9. The maximum Gasteiger partial charge on any atom is 0.438 e. The molecule has 2 fully saturated rings. The van der Waals surface area contributed by atoms with E-state index < -0.39 is 28.8 Å². The van der Waals surface area contributed by atoms with Gasteiger partial charge in [0.05, 0.1) is 46.7 Å². The predicted octanol–water partition coefficient (Wildman–Crippen LogP) is 7.58. The number of H-pyrrole nitrogens is 1. The molecule has 2 aliphatic heterocycles. The van der Waals surface area contributed by atoms with Crippen LogP contribution in [-0.2, 0) is 23.9 Å². The molecule has 1 saturated carbocycles. The van der Waals surface area contributed by atoms with Crippen LogP contribution in [-0.4, -0.2) is 73.0 Å². The van der Waals surface area contributed by atoms with E-state index in [-0.39, 0.29) is 53.3 Å². The second-order valence-electron chi connectivity index (χ2n) is 18.8. The summed E-state index contributed by atoms with van der Waals surface area (Å²) in [6.07, 6.45) is 6.84. The third kappa shape index (κ3) is 6.14. The molecule has 1 N–H and O–H groups in total. The Bertz CT molecular complexity index is 3380. The van der Waals surface area contributed by atoms with Crippen molar-refractivity contribution in [3.8, 4) is 22.6 Å². The third-order valence-electron chi connectivity index (χ3n) is 14.2. The van der Waals surface area contributed by atoms with Gasteiger partial charge in [0.2, 0.25) is 0 Å². The lowest BCUT2D eigenvalue weighted by molar-refractivity contribution is -0.0592. The number of aromatic nitrogens is 9. The van der Waals surface area contributed by atoms with Gasteiger partial charge < -0.3 is 14.2 Å². The van der Waals surface area contributed by atoms with Crippen molar-refractivity contribution in [1.29, 1.82) is 0 Å². The van der Waals surface area contributed by atoms with Gasteiger partial charge in [-0.2, -0.15) is 10.2 Å². The number of nitrogens with one attached hydrogen (secondary N) is 1. The van der Waals surface area contributed by atoms with Crippen molar-refractivity contribution in [1.82, 2.24) is 48.3 Å². The molecule has 4 atom stereocenters. The number of halogens is 2. The van der Waals surface area contributed by atoms with E-state index in [2.05, 4.69) is 54.2 Å². The van der Waals surface area contributed by atoms with Gasteiger partial charge in [0.25, 0.3) is 5.91 Å². The molecule has 0 bridgehead atoms. The van der Waals surface area contributed by atoms with Gasteiger partial charge in [-0.15, -0.1) is 0 Å². The SMILES string of the molecule is Cc1cc(-c2nn3c(c2-n2ccn(-c4ccc5c(cnn5C)c4F)c2=O)C(C)N(C(=O)c2cc4cc([C@H]5CCOC(C)(C)C5)ccc4n2[C@]2(c4noc(=O)[nH]4)C[C@@H]2C)CC3)cc(C)c1F. The van der Waals surface area contributed by atoms with Gasteiger partial charge in [0.15, 0.2) is 11.6 Å². The second kappa shape index (κ2) is 14.3. The van der Waals surface area contributed by atoms with Crippen LogP contribution in [0.4, 0.5) is 8.78 Å². The topological polar surface area (TPSA) is 156 Å². The lowest BCUT2D eigenvalue weighted by atomic mass is 9.83. The van der Waals surface area contributed by atoms with Crippen molar-refractivity contribution in [3.63, 3.8) is 0 Å². The predicted molar refractivity (Wildman–Crippen MR) is 238 cm³/mol. The first-order chi connectivity index (χ1) is 31.1. The van der Waals surface area contributed by atoms with Gasteiger partial charge in [-0.25, -0.2) is 18.4 Å². The highest BCUT2D eigenvalue weighted by Crippen LogP contribution is 2.56. The van der Waals surface area contributed by atoms with Gasteiger partial charge in [0.1, 0.15) is 28.4 Å². The molecular formula is C48H48F2N10O5. The normalized spacial score (nSPS) is 21.7. The lowest BCUT2D eigenvalue weighted by Crippen LogP contribution is -2.43. The zero-order valence-electron chi connectivity index (χ0n) is 37.1. The molecule has 0 radical (unpaired) electrons. The summed E-state index contributed by atoms with van der Waals surface area (Å²) in [7, 11) is 1.72. The number of benzene rings is 3. The molecule has 8 aromatic rings. The van der Waals surface area contributed by atoms with Gasteiger partial charge >= 0.3 is 11.4 Å². The number of fused-ring (bicyclic) bond motifs is 3. The van der Waals surface area contributed by atoms with Crippen molar-refractivity contribution in [2.75, 3.05) is 13.2 Å². The third-order valence-corrected chi connectivity index (χ3v) is 14.2. The summed E-state index contributed by atoms with van der Waals surface area (Å²) < 4.78 is 50.4. The molecule has 1 aliphatic carbocycles. The molecule has 5 aromatic heterocycles. The van der Waals surface area contributed by atoms with Gasteiger partial charge in [-0.05, 0) is 125 Å². The van der Waals surface area contributed by atoms with Crippen molar-refractivity contribution in [3.05, 3.63) is 134 Å². The van der Waals surface area contributed by atoms with Crippen LogP contribution in [0.25, 0.3) is 44.4 Å². The van der Waals surface area contributed by atoms with E-state index in [1.54, 1.807) is 65.6 Å². The van der Waals surface area contributed by atoms with Gasteiger partial charge in [-0.1, -0.05) is 18.1 Å². The number of amides is 1. The van der Waals surface area contributed by atoms with E-state index in [4.69, 9.17) is 14.4 Å². The van der Waals surface area contributed by atoms with Crippen LogP contribution in [0, 0.1) is 31.4 Å². The van der Waals surface area contributed by atoms with E-state index in [9.17, 15) is 9.59 Å². The number of nitrogens with zero attached hydrogens (tertiary/aromatic N) is 9. The van der Waals surface area contributed by atoms with Gasteiger partial charge in [0, 0.05) is 49.1 Å². The Hall–Kier alpha value is -6.88. The van der Waals surface area contributed by atoms with Crippen LogP contribution in [0.3, 0.4) is 0 Å². The number of carbonyl (C=O) groups is 1. The first-order valence-corrected chi connectivity index (χ1v) is 22.0. The molecule has 17 heteroatoms. The summed E-state index contributed by atoms with van der Waals surface area (Å²) in [5.41, 5.74) is 4.11. The molecule has 1 unspecified atom stereocenters. The molecule has 65 heavy (non-hydrogen) atoms. The average Bonchev–Trinajstić information content (AvgIpc) is 3.90. The highest BCUT2D eigenvalue weighted by atomic mass is 19.1. The fourth-order valence-electron chi connectivity index (χ4n) is 10.8. The standard InChI is InChI=1S/C48H48F2N10O5/c1-25-18-32(19-26(2)38(25)49)40-42(58-14-13-57(46(58)63)36-11-10-35-33(39(36)50)24-51-55(35)7)41-28(4)56(15-16-59(41)53-40)43(61)37-21-31-20-29(30-12-17-64-47(5,6)23-30)8-9-34(31)60(37)48(22-27(48)3)44-52-45(62)65-54-44/h8-11,13-14,18-21,24,27-28,30H,12,15-17,22-23H2,1-7H3,(H,52,54,62)/t27-,28?,30-,48+/m0/s1. The Labute approximate surface area is 370 Å². The summed E-state index contributed by atoms with van der Waals surface area (Å²) in [6.45, 7) is 12.7. The Morgan fingerprint density at radius 1 is 0.923 bits per heavy atom. The number of ether oxygens (including phenoxy) is 1. The van der Waals surface area contributed by atoms with E-state index in [1.807, 2.05) is 17.6 Å². The molecule has 3 aromatic carbocycles. The zero-order chi connectivity index (χ0) is 45.4. The first-order valence-electron chi connectivity index (χ1n) is 22.0. The summed E-state index contributed by atoms with van der Waals surface area (Å²) in [6, 6.07) is 14.3. The van der Waals surface area contributed by atoms with Crippen molar-refractivity contribution in [2.24, 2.45) is 13.0 Å². The van der Waals surface area contributed by atoms with Crippen molar-refractivity contribution >= 4 is 27.7 Å². The van der Waals surface area contributed by atoms with E-state index in [1.165, 1.54) is 21.5 Å². The number of hydrogen-bond donors (Lipinski definition) is 1. The summed E-state index contributed by atoms with van der Waals surface area (Å²) >= 11 is 0. The molecule has 0 spiro atoms. The Morgan fingerprint density at radius 2 is 1.66 bits per heavy atom. The number of imidazole rings is 1. The van der Waals surface area contributed by atoms with Crippen LogP contribution in [0.1, 0.15) is 97.6 Å². The monoisotopic (exact) mass is 882 g/mol. The molecule has 15 nitrogen and oxygen atoms in total. The number of hydrogen-bond acceptors (Lipinski definition) is 8. The quantitative estimate of drug-likeness (QED) is 0.172. The Kier molecular flexibility index (Phi) is 9.00. The highest BCUT2D eigenvalue weighted by Gasteiger charge is 2.59. The number of aromatic amines is 1. The number of carbonyl (C=O) groups excluding carboxylic acids is 1. The molecule has 7 heterocycles. The smallest absolute Gasteiger partial charge is 0.376 e. The van der Waals surface area contributed by atoms with Crippen LogP contribution in [0.15, 0.2) is 81.2 Å². The average molecular weight is 883 g/mol. The molecule has 1 saturated heterocycles. The maximum absolute atomic E-state index is 16.1. The minimum atomic E-state index is -0.858. The Balaban J connectivity index is 1.06. The largest absolute Gasteiger partial charge is 0.438 e. The van der Waals surface area contributed by atoms with Crippen LogP contribution < -0.4 is 11.4 Å². The minimum Gasteiger partial charge on any atom is -0.376 e. The summed E-state index contributed by atoms with van der Waals surface area (Å²) in [5.74, 6) is -1.27. The minimum absolute atomic E-state index is 0.00187. The molecule has 11 rings (SSSR count). The van der Waals surface area contributed by atoms with Crippen LogP contribution >= 0.6 is 0 Å². The number of aryl methyl sites for hydroxylation is 3. The molecule has 334 valence electrons. The van der Waals surface area contributed by atoms with Crippen LogP contribution in [0.2, 0.25) is 0 Å². The molecular weight excluding hydrogens is 835 g/mol. The summed E-state index contributed by atoms with van der Waals surface area (Å²) in [4.78, 5) is 47.2. The Morgan fingerprint density at radius 3 is 2.37 bits per heavy atom. The van der Waals surface area contributed by atoms with E-state index in [0.29, 0.717) is 63.8 Å². The highest BCUT2D eigenvalue weighted by molar-refractivity contribution is 6.00. The fraction of sp³-hybridized carbons (Fsp3) is 0.375. The van der Waals surface area contributed by atoms with Crippen molar-refractivity contribution in [2.45, 2.75) is 90.4 Å². The molecule has 1 amide bonds. The van der Waals surface area contributed by atoms with E-state index in [0.717, 1.165) is 29.3 Å². The molecule has 3 aliphatic rings. The van der Waals surface area contributed by atoms with Gasteiger partial charge in [-0.3, -0.25) is 32.8 Å². The summed E-state index contributed by atoms with van der Waals surface area (Å²) in [5, 5.41) is 14.6. The van der Waals surface area contributed by atoms with Crippen LogP contribution in [0.5, 0.6) is 0 Å². The fourth-order valence-corrected chi connectivity index (χ4v) is 10.8. The number of rotatable bonds is 7. The maximum atomic E-state index is 16.1. The van der Waals surface area contributed by atoms with Crippen molar-refractivity contribution < 1.29 is 22.8 Å².